The van der Waals surface area contributed by atoms with E-state index in [1.165, 1.54) is 23.3 Å². The van der Waals surface area contributed by atoms with E-state index in [-0.39, 0.29) is 5.91 Å². The molecule has 1 aliphatic carbocycles. The van der Waals surface area contributed by atoms with Gasteiger partial charge in [-0.15, -0.1) is 11.3 Å². The molecule has 0 saturated heterocycles. The molecule has 104 valence electrons. The maximum atomic E-state index is 12.3. The topological polar surface area (TPSA) is 29.1 Å². The molecule has 0 bridgehead atoms. The van der Waals surface area contributed by atoms with Gasteiger partial charge in [0.2, 0.25) is 0 Å². The average Bonchev–Trinajstić information content (AvgIpc) is 2.90. The molecule has 1 aliphatic rings. The highest BCUT2D eigenvalue weighted by molar-refractivity contribution is 7.10. The van der Waals surface area contributed by atoms with Gasteiger partial charge in [-0.3, -0.25) is 4.79 Å². The van der Waals surface area contributed by atoms with Crippen molar-refractivity contribution in [2.24, 2.45) is 0 Å². The molecule has 0 atom stereocenters. The summed E-state index contributed by atoms with van der Waals surface area (Å²) in [5.41, 5.74) is 3.21. The van der Waals surface area contributed by atoms with E-state index in [1.807, 2.05) is 29.6 Å². The van der Waals surface area contributed by atoms with Crippen LogP contribution in [0.5, 0.6) is 0 Å². The van der Waals surface area contributed by atoms with E-state index in [9.17, 15) is 4.79 Å². The van der Waals surface area contributed by atoms with Crippen LogP contribution in [-0.2, 0) is 19.4 Å². The molecule has 2 aromatic rings. The summed E-state index contributed by atoms with van der Waals surface area (Å²) in [6.07, 6.45) is 4.62. The first kappa shape index (κ1) is 13.7. The zero-order chi connectivity index (χ0) is 13.9. The van der Waals surface area contributed by atoms with Crippen molar-refractivity contribution in [1.29, 1.82) is 0 Å². The van der Waals surface area contributed by atoms with Crippen molar-refractivity contribution in [3.63, 3.8) is 0 Å². The molecule has 4 heteroatoms. The number of nitrogens with one attached hydrogen (secondary N) is 1. The summed E-state index contributed by atoms with van der Waals surface area (Å²) in [6, 6.07) is 7.56. The highest BCUT2D eigenvalue weighted by Crippen LogP contribution is 2.30. The first-order valence-corrected chi connectivity index (χ1v) is 8.11. The smallest absolute Gasteiger partial charge is 0.252 e. The van der Waals surface area contributed by atoms with E-state index in [4.69, 9.17) is 11.6 Å². The van der Waals surface area contributed by atoms with E-state index < -0.39 is 0 Å². The van der Waals surface area contributed by atoms with Crippen LogP contribution in [0.1, 0.15) is 39.2 Å². The summed E-state index contributed by atoms with van der Waals surface area (Å²) in [6.45, 7) is 0.542. The summed E-state index contributed by atoms with van der Waals surface area (Å²) in [4.78, 5) is 13.7. The summed E-state index contributed by atoms with van der Waals surface area (Å²) >= 11 is 7.57. The average molecular weight is 306 g/mol. The highest BCUT2D eigenvalue weighted by Gasteiger charge is 2.19. The lowest BCUT2D eigenvalue weighted by molar-refractivity contribution is 0.0950. The molecular weight excluding hydrogens is 290 g/mol. The second-order valence-electron chi connectivity index (χ2n) is 5.07. The Morgan fingerprint density at radius 2 is 1.95 bits per heavy atom. The van der Waals surface area contributed by atoms with Gasteiger partial charge in [0.1, 0.15) is 0 Å². The van der Waals surface area contributed by atoms with E-state index in [0.717, 1.165) is 24.0 Å². The first-order chi connectivity index (χ1) is 9.74. The normalized spacial score (nSPS) is 13.8. The van der Waals surface area contributed by atoms with Gasteiger partial charge in [-0.1, -0.05) is 23.7 Å². The maximum Gasteiger partial charge on any atom is 0.252 e. The lowest BCUT2D eigenvalue weighted by Crippen LogP contribution is -2.23. The Kier molecular flexibility index (Phi) is 4.08. The van der Waals surface area contributed by atoms with Crippen molar-refractivity contribution in [2.45, 2.75) is 32.2 Å². The Hall–Kier alpha value is -1.32. The molecule has 0 saturated carbocycles. The zero-order valence-electron chi connectivity index (χ0n) is 11.1. The van der Waals surface area contributed by atoms with Crippen molar-refractivity contribution >= 4 is 28.8 Å². The Morgan fingerprint density at radius 1 is 1.20 bits per heavy atom. The van der Waals surface area contributed by atoms with Gasteiger partial charge in [-0.05, 0) is 48.9 Å². The summed E-state index contributed by atoms with van der Waals surface area (Å²) in [7, 11) is 0. The highest BCUT2D eigenvalue weighted by atomic mass is 35.5. The summed E-state index contributed by atoms with van der Waals surface area (Å²) in [5.74, 6) is 0.0411. The van der Waals surface area contributed by atoms with Gasteiger partial charge in [0, 0.05) is 21.8 Å². The van der Waals surface area contributed by atoms with Crippen LogP contribution in [-0.4, -0.2) is 5.91 Å². The van der Waals surface area contributed by atoms with Crippen LogP contribution in [0.3, 0.4) is 0 Å². The number of hydrogen-bond acceptors (Lipinski definition) is 2. The van der Waals surface area contributed by atoms with Gasteiger partial charge in [0.25, 0.3) is 5.91 Å². The molecule has 0 unspecified atom stereocenters. The van der Waals surface area contributed by atoms with Gasteiger partial charge in [-0.2, -0.15) is 0 Å². The van der Waals surface area contributed by atoms with Gasteiger partial charge in [-0.25, -0.2) is 0 Å². The van der Waals surface area contributed by atoms with Gasteiger partial charge < -0.3 is 5.32 Å². The number of halogens is 1. The Morgan fingerprint density at radius 3 is 2.75 bits per heavy atom. The van der Waals surface area contributed by atoms with Crippen LogP contribution in [0.25, 0.3) is 0 Å². The molecule has 0 radical (unpaired) electrons. The van der Waals surface area contributed by atoms with E-state index >= 15 is 0 Å². The summed E-state index contributed by atoms with van der Waals surface area (Å²) < 4.78 is 0. The molecule has 0 spiro atoms. The van der Waals surface area contributed by atoms with Crippen molar-refractivity contribution < 1.29 is 4.79 Å². The van der Waals surface area contributed by atoms with Gasteiger partial charge >= 0.3 is 0 Å². The molecule has 2 nitrogen and oxygen atoms in total. The predicted molar refractivity (Wildman–Crippen MR) is 83.6 cm³/mol. The molecule has 20 heavy (non-hydrogen) atoms. The minimum absolute atomic E-state index is 0.0411. The van der Waals surface area contributed by atoms with Gasteiger partial charge in [0.05, 0.1) is 5.56 Å². The number of carbonyl (C=O) groups is 1. The summed E-state index contributed by atoms with van der Waals surface area (Å²) in [5, 5.41) is 5.72. The third kappa shape index (κ3) is 2.89. The standard InChI is InChI=1S/C16H16ClNOS/c17-12-7-5-11(6-8-12)9-18-16(19)14-10-20-15-4-2-1-3-13(14)15/h5-8,10H,1-4,9H2,(H,18,19). The number of hydrogen-bond donors (Lipinski definition) is 1. The number of amides is 1. The fraction of sp³-hybridized carbons (Fsp3) is 0.312. The van der Waals surface area contributed by atoms with Crippen molar-refractivity contribution in [3.8, 4) is 0 Å². The molecule has 1 aromatic carbocycles. The largest absolute Gasteiger partial charge is 0.348 e. The van der Waals surface area contributed by atoms with Crippen LogP contribution >= 0.6 is 22.9 Å². The molecule has 1 aromatic heterocycles. The second kappa shape index (κ2) is 5.98. The predicted octanol–water partition coefficient (Wildman–Crippen LogP) is 4.21. The molecule has 1 heterocycles. The van der Waals surface area contributed by atoms with Crippen molar-refractivity contribution in [3.05, 3.63) is 56.2 Å². The number of thiophene rings is 1. The lowest BCUT2D eigenvalue weighted by atomic mass is 9.95. The monoisotopic (exact) mass is 305 g/mol. The number of carbonyl (C=O) groups excluding carboxylic acids is 1. The minimum Gasteiger partial charge on any atom is -0.348 e. The molecule has 3 rings (SSSR count). The van der Waals surface area contributed by atoms with Gasteiger partial charge in [0.15, 0.2) is 0 Å². The molecule has 1 N–H and O–H groups in total. The molecule has 1 amide bonds. The molecular formula is C16H16ClNOS. The van der Waals surface area contributed by atoms with Crippen molar-refractivity contribution in [2.75, 3.05) is 0 Å². The fourth-order valence-corrected chi connectivity index (χ4v) is 3.82. The zero-order valence-corrected chi connectivity index (χ0v) is 12.7. The SMILES string of the molecule is O=C(NCc1ccc(Cl)cc1)c1csc2c1CCCC2. The molecule has 0 fully saturated rings. The number of fused-ring (bicyclic) bond motifs is 1. The lowest BCUT2D eigenvalue weighted by Gasteiger charge is -2.12. The third-order valence-corrected chi connectivity index (χ3v) is 5.01. The number of rotatable bonds is 3. The van der Waals surface area contributed by atoms with Crippen molar-refractivity contribution in [1.82, 2.24) is 5.32 Å². The number of aryl methyl sites for hydroxylation is 1. The van der Waals surface area contributed by atoms with Crippen LogP contribution in [0.4, 0.5) is 0 Å². The Balaban J connectivity index is 1.67. The van der Waals surface area contributed by atoms with Crippen LogP contribution in [0.15, 0.2) is 29.6 Å². The van der Waals surface area contributed by atoms with E-state index in [0.29, 0.717) is 11.6 Å². The number of benzene rings is 1. The van der Waals surface area contributed by atoms with E-state index in [1.54, 1.807) is 11.3 Å². The third-order valence-electron chi connectivity index (χ3n) is 3.67. The fourth-order valence-electron chi connectivity index (χ4n) is 2.56. The quantitative estimate of drug-likeness (QED) is 0.904. The van der Waals surface area contributed by atoms with E-state index in [2.05, 4.69) is 5.32 Å². The van der Waals surface area contributed by atoms with Crippen LogP contribution in [0, 0.1) is 0 Å². The second-order valence-corrected chi connectivity index (χ2v) is 6.47. The van der Waals surface area contributed by atoms with Crippen LogP contribution in [0.2, 0.25) is 5.02 Å². The minimum atomic E-state index is 0.0411. The maximum absolute atomic E-state index is 12.3. The van der Waals surface area contributed by atoms with Crippen LogP contribution < -0.4 is 5.32 Å². The Labute approximate surface area is 127 Å². The Bertz CT molecular complexity index is 618. The first-order valence-electron chi connectivity index (χ1n) is 6.86. The molecule has 0 aliphatic heterocycles.